The molecule has 1 aromatic heterocycles. The van der Waals surface area contributed by atoms with Gasteiger partial charge in [0.05, 0.1) is 12.8 Å². The minimum absolute atomic E-state index is 0.160. The molecule has 0 aliphatic rings. The minimum atomic E-state index is -0.160. The zero-order chi connectivity index (χ0) is 16.8. The van der Waals surface area contributed by atoms with E-state index in [1.54, 1.807) is 13.2 Å². The lowest BCUT2D eigenvalue weighted by atomic mass is 10.1. The summed E-state index contributed by atoms with van der Waals surface area (Å²) in [5, 5.41) is 14.9. The van der Waals surface area contributed by atoms with Crippen molar-refractivity contribution in [3.63, 3.8) is 0 Å². The van der Waals surface area contributed by atoms with E-state index in [0.29, 0.717) is 29.5 Å². The van der Waals surface area contributed by atoms with Crippen LogP contribution in [0.1, 0.15) is 23.7 Å². The molecular weight excluding hydrogens is 292 g/mol. The number of benzene rings is 1. The summed E-state index contributed by atoms with van der Waals surface area (Å²) in [6.45, 7) is 3.81. The van der Waals surface area contributed by atoms with Gasteiger partial charge >= 0.3 is 0 Å². The number of aromatic nitrogens is 1. The van der Waals surface area contributed by atoms with Crippen molar-refractivity contribution in [1.82, 2.24) is 4.98 Å². The van der Waals surface area contributed by atoms with Crippen LogP contribution in [0.4, 0.5) is 11.5 Å². The smallest absolute Gasteiger partial charge is 0.221 e. The van der Waals surface area contributed by atoms with E-state index < -0.39 is 0 Å². The van der Waals surface area contributed by atoms with Crippen LogP contribution in [0.3, 0.4) is 0 Å². The highest BCUT2D eigenvalue weighted by molar-refractivity contribution is 5.90. The van der Waals surface area contributed by atoms with E-state index in [1.807, 2.05) is 31.2 Å². The van der Waals surface area contributed by atoms with E-state index in [4.69, 9.17) is 10.00 Å². The van der Waals surface area contributed by atoms with Crippen LogP contribution in [0.25, 0.3) is 0 Å². The van der Waals surface area contributed by atoms with Gasteiger partial charge in [0.15, 0.2) is 0 Å². The van der Waals surface area contributed by atoms with Gasteiger partial charge in [-0.15, -0.1) is 0 Å². The van der Waals surface area contributed by atoms with Crippen molar-refractivity contribution in [3.05, 3.63) is 47.2 Å². The van der Waals surface area contributed by atoms with Gasteiger partial charge in [-0.3, -0.25) is 4.79 Å². The van der Waals surface area contributed by atoms with E-state index in [2.05, 4.69) is 21.7 Å². The first kappa shape index (κ1) is 16.3. The SMILES string of the molecule is COc1ccc(CNc2ccc(C)c(C#N)n2)cc1NC(C)=O. The van der Waals surface area contributed by atoms with Crippen molar-refractivity contribution in [2.24, 2.45) is 0 Å². The van der Waals surface area contributed by atoms with E-state index in [1.165, 1.54) is 6.92 Å². The molecule has 2 aromatic rings. The Morgan fingerprint density at radius 2 is 2.13 bits per heavy atom. The van der Waals surface area contributed by atoms with E-state index in [9.17, 15) is 4.79 Å². The number of carbonyl (C=O) groups excluding carboxylic acids is 1. The second-order valence-electron chi connectivity index (χ2n) is 5.04. The summed E-state index contributed by atoms with van der Waals surface area (Å²) in [6, 6.07) is 11.3. The molecule has 0 aliphatic heterocycles. The maximum absolute atomic E-state index is 11.3. The fourth-order valence-electron chi connectivity index (χ4n) is 2.09. The van der Waals surface area contributed by atoms with Crippen LogP contribution < -0.4 is 15.4 Å². The summed E-state index contributed by atoms with van der Waals surface area (Å²) >= 11 is 0. The van der Waals surface area contributed by atoms with Gasteiger partial charge in [0, 0.05) is 13.5 Å². The number of ether oxygens (including phenoxy) is 1. The second-order valence-corrected chi connectivity index (χ2v) is 5.04. The molecule has 0 fully saturated rings. The average Bonchev–Trinajstić information content (AvgIpc) is 2.53. The third kappa shape index (κ3) is 4.20. The largest absolute Gasteiger partial charge is 0.495 e. The molecule has 1 aromatic carbocycles. The Bertz CT molecular complexity index is 766. The number of nitrogens with zero attached hydrogens (tertiary/aromatic N) is 2. The topological polar surface area (TPSA) is 87.0 Å². The van der Waals surface area contributed by atoms with Crippen LogP contribution in [0.2, 0.25) is 0 Å². The number of nitrogens with one attached hydrogen (secondary N) is 2. The third-order valence-electron chi connectivity index (χ3n) is 3.25. The Hall–Kier alpha value is -3.07. The van der Waals surface area contributed by atoms with Crippen LogP contribution in [0.15, 0.2) is 30.3 Å². The van der Waals surface area contributed by atoms with Crippen molar-refractivity contribution in [3.8, 4) is 11.8 Å². The fourth-order valence-corrected chi connectivity index (χ4v) is 2.09. The predicted molar refractivity (Wildman–Crippen MR) is 88.3 cm³/mol. The van der Waals surface area contributed by atoms with Crippen LogP contribution in [0, 0.1) is 18.3 Å². The van der Waals surface area contributed by atoms with Gasteiger partial charge in [0.25, 0.3) is 0 Å². The van der Waals surface area contributed by atoms with E-state index >= 15 is 0 Å². The standard InChI is InChI=1S/C17H18N4O2/c1-11-4-7-17(21-15(11)9-18)19-10-13-5-6-16(23-3)14(8-13)20-12(2)22/h4-8H,10H2,1-3H3,(H,19,21)(H,20,22). The van der Waals surface area contributed by atoms with Gasteiger partial charge in [-0.05, 0) is 36.2 Å². The zero-order valence-electron chi connectivity index (χ0n) is 13.3. The molecule has 1 amide bonds. The molecule has 0 unspecified atom stereocenters. The number of aryl methyl sites for hydroxylation is 1. The molecule has 2 rings (SSSR count). The number of methoxy groups -OCH3 is 1. The summed E-state index contributed by atoms with van der Waals surface area (Å²) in [7, 11) is 1.55. The molecule has 0 atom stereocenters. The van der Waals surface area contributed by atoms with E-state index in [-0.39, 0.29) is 5.91 Å². The Balaban J connectivity index is 2.14. The van der Waals surface area contributed by atoms with Crippen molar-refractivity contribution in [2.75, 3.05) is 17.7 Å². The number of hydrogen-bond donors (Lipinski definition) is 2. The van der Waals surface area contributed by atoms with Gasteiger partial charge in [-0.25, -0.2) is 4.98 Å². The van der Waals surface area contributed by atoms with Crippen molar-refractivity contribution < 1.29 is 9.53 Å². The molecule has 1 heterocycles. The quantitative estimate of drug-likeness (QED) is 0.886. The molecule has 6 heteroatoms. The summed E-state index contributed by atoms with van der Waals surface area (Å²) < 4.78 is 5.22. The molecule has 0 saturated carbocycles. The molecule has 0 saturated heterocycles. The van der Waals surface area contributed by atoms with Gasteiger partial charge in [-0.1, -0.05) is 12.1 Å². The summed E-state index contributed by atoms with van der Waals surface area (Å²) in [4.78, 5) is 15.5. The van der Waals surface area contributed by atoms with Crippen LogP contribution in [-0.2, 0) is 11.3 Å². The molecule has 0 radical (unpaired) electrons. The Labute approximate surface area is 135 Å². The van der Waals surface area contributed by atoms with Crippen molar-refractivity contribution in [1.29, 1.82) is 5.26 Å². The lowest BCUT2D eigenvalue weighted by molar-refractivity contribution is -0.114. The first-order valence-electron chi connectivity index (χ1n) is 7.09. The first-order valence-corrected chi connectivity index (χ1v) is 7.09. The summed E-state index contributed by atoms with van der Waals surface area (Å²) in [5.41, 5.74) is 2.82. The Morgan fingerprint density at radius 1 is 1.35 bits per heavy atom. The molecule has 0 spiro atoms. The van der Waals surface area contributed by atoms with Gasteiger partial charge in [0.2, 0.25) is 5.91 Å². The Kier molecular flexibility index (Phi) is 5.15. The first-order chi connectivity index (χ1) is 11.0. The monoisotopic (exact) mass is 310 g/mol. The van der Waals surface area contributed by atoms with Crippen LogP contribution in [-0.4, -0.2) is 18.0 Å². The van der Waals surface area contributed by atoms with Gasteiger partial charge in [-0.2, -0.15) is 5.26 Å². The van der Waals surface area contributed by atoms with E-state index in [0.717, 1.165) is 11.1 Å². The highest BCUT2D eigenvalue weighted by Crippen LogP contribution is 2.25. The number of nitriles is 1. The maximum Gasteiger partial charge on any atom is 0.221 e. The summed E-state index contributed by atoms with van der Waals surface area (Å²) in [6.07, 6.45) is 0. The lowest BCUT2D eigenvalue weighted by Gasteiger charge is -2.12. The third-order valence-corrected chi connectivity index (χ3v) is 3.25. The second kappa shape index (κ2) is 7.27. The lowest BCUT2D eigenvalue weighted by Crippen LogP contribution is -2.08. The van der Waals surface area contributed by atoms with Crippen LogP contribution >= 0.6 is 0 Å². The Morgan fingerprint density at radius 3 is 2.78 bits per heavy atom. The normalized spacial score (nSPS) is 9.83. The van der Waals surface area contributed by atoms with Crippen molar-refractivity contribution >= 4 is 17.4 Å². The van der Waals surface area contributed by atoms with Gasteiger partial charge in [0.1, 0.15) is 23.3 Å². The number of rotatable bonds is 5. The maximum atomic E-state index is 11.3. The zero-order valence-corrected chi connectivity index (χ0v) is 13.3. The molecule has 23 heavy (non-hydrogen) atoms. The molecule has 0 aliphatic carbocycles. The highest BCUT2D eigenvalue weighted by atomic mass is 16.5. The summed E-state index contributed by atoms with van der Waals surface area (Å²) in [5.74, 6) is 1.07. The van der Waals surface area contributed by atoms with Gasteiger partial charge < -0.3 is 15.4 Å². The number of pyridine rings is 1. The minimum Gasteiger partial charge on any atom is -0.495 e. The number of amides is 1. The fraction of sp³-hybridized carbons (Fsp3) is 0.235. The number of hydrogen-bond acceptors (Lipinski definition) is 5. The number of carbonyl (C=O) groups is 1. The molecule has 2 N–H and O–H groups in total. The molecule has 0 bridgehead atoms. The predicted octanol–water partition coefficient (Wildman–Crippen LogP) is 2.84. The highest BCUT2D eigenvalue weighted by Gasteiger charge is 2.07. The van der Waals surface area contributed by atoms with Crippen LogP contribution in [0.5, 0.6) is 5.75 Å². The molecule has 118 valence electrons. The molecule has 6 nitrogen and oxygen atoms in total. The number of anilines is 2. The average molecular weight is 310 g/mol. The molecular formula is C17H18N4O2. The van der Waals surface area contributed by atoms with Crippen molar-refractivity contribution in [2.45, 2.75) is 20.4 Å².